The molecule has 0 radical (unpaired) electrons. The summed E-state index contributed by atoms with van der Waals surface area (Å²) >= 11 is 1.79. The molecule has 7 nitrogen and oxygen atoms in total. The summed E-state index contributed by atoms with van der Waals surface area (Å²) in [6, 6.07) is 18.6. The fraction of sp³-hybridized carbons (Fsp3) is 0.143. The number of benzene rings is 1. The first-order valence-corrected chi connectivity index (χ1v) is 12.6. The highest BCUT2D eigenvalue weighted by Crippen LogP contribution is 2.36. The number of carbonyl (C=O) groups is 1. The molecule has 0 atom stereocenters. The molecule has 8 heteroatoms. The van der Waals surface area contributed by atoms with Gasteiger partial charge in [0.05, 0.1) is 28.8 Å². The van der Waals surface area contributed by atoms with E-state index in [9.17, 15) is 4.79 Å². The van der Waals surface area contributed by atoms with Gasteiger partial charge >= 0.3 is 0 Å². The van der Waals surface area contributed by atoms with Gasteiger partial charge in [-0.15, -0.1) is 11.3 Å². The molecule has 0 saturated carbocycles. The zero-order valence-electron chi connectivity index (χ0n) is 20.1. The molecule has 1 amide bonds. The molecule has 0 aliphatic heterocycles. The zero-order valence-corrected chi connectivity index (χ0v) is 20.9. The Morgan fingerprint density at radius 1 is 1.03 bits per heavy atom. The second kappa shape index (κ2) is 8.73. The molecule has 6 rings (SSSR count). The van der Waals surface area contributed by atoms with Gasteiger partial charge in [-0.3, -0.25) is 14.9 Å². The highest BCUT2D eigenvalue weighted by molar-refractivity contribution is 7.15. The van der Waals surface area contributed by atoms with Crippen molar-refractivity contribution >= 4 is 44.9 Å². The van der Waals surface area contributed by atoms with Crippen LogP contribution >= 0.6 is 11.3 Å². The van der Waals surface area contributed by atoms with E-state index in [-0.39, 0.29) is 11.8 Å². The van der Waals surface area contributed by atoms with Crippen LogP contribution in [0.25, 0.3) is 55.0 Å². The van der Waals surface area contributed by atoms with E-state index in [1.165, 1.54) is 15.3 Å². The van der Waals surface area contributed by atoms with Crippen molar-refractivity contribution in [3.63, 3.8) is 0 Å². The number of anilines is 1. The fourth-order valence-electron chi connectivity index (χ4n) is 4.26. The van der Waals surface area contributed by atoms with E-state index in [1.54, 1.807) is 23.7 Å². The van der Waals surface area contributed by atoms with Crippen molar-refractivity contribution < 1.29 is 4.79 Å². The van der Waals surface area contributed by atoms with Gasteiger partial charge < -0.3 is 10.3 Å². The van der Waals surface area contributed by atoms with Gasteiger partial charge in [0.15, 0.2) is 0 Å². The van der Waals surface area contributed by atoms with E-state index in [0.29, 0.717) is 5.69 Å². The Morgan fingerprint density at radius 3 is 2.72 bits per heavy atom. The van der Waals surface area contributed by atoms with Crippen LogP contribution in [0.3, 0.4) is 0 Å². The van der Waals surface area contributed by atoms with Gasteiger partial charge in [0, 0.05) is 43.9 Å². The van der Waals surface area contributed by atoms with E-state index in [0.717, 1.165) is 44.6 Å². The molecular weight excluding hydrogens is 468 g/mol. The molecule has 0 saturated heterocycles. The normalized spacial score (nSPS) is 11.6. The van der Waals surface area contributed by atoms with Crippen molar-refractivity contribution in [3.8, 4) is 33.1 Å². The molecule has 36 heavy (non-hydrogen) atoms. The number of fused-ring (bicyclic) bond motifs is 2. The summed E-state index contributed by atoms with van der Waals surface area (Å²) in [5, 5.41) is 11.8. The summed E-state index contributed by atoms with van der Waals surface area (Å²) in [6.45, 7) is 5.84. The fourth-order valence-corrected chi connectivity index (χ4v) is 5.17. The van der Waals surface area contributed by atoms with Crippen LogP contribution in [-0.4, -0.2) is 31.1 Å². The number of rotatable bonds is 5. The first-order chi connectivity index (χ1) is 17.5. The van der Waals surface area contributed by atoms with Gasteiger partial charge in [0.2, 0.25) is 5.91 Å². The summed E-state index contributed by atoms with van der Waals surface area (Å²) in [4.78, 5) is 27.4. The molecule has 1 aromatic carbocycles. The average Bonchev–Trinajstić information content (AvgIpc) is 3.61. The third kappa shape index (κ3) is 3.95. The lowest BCUT2D eigenvalue weighted by Crippen LogP contribution is -2.17. The molecule has 6 aromatic rings. The van der Waals surface area contributed by atoms with Crippen LogP contribution in [0, 0.1) is 12.8 Å². The SMILES string of the molecule is Cc1ccc(-c2cccc3[nH]c(-c4n[nH]c5ccc(-c6cncc(NC(=O)C(C)C)c6)nc45)cc23)s1. The largest absolute Gasteiger partial charge is 0.353 e. The lowest BCUT2D eigenvalue weighted by molar-refractivity contribution is -0.118. The number of hydrogen-bond donors (Lipinski definition) is 3. The Bertz CT molecular complexity index is 1740. The van der Waals surface area contributed by atoms with Crippen molar-refractivity contribution in [1.82, 2.24) is 25.1 Å². The minimum absolute atomic E-state index is 0.0506. The van der Waals surface area contributed by atoms with E-state index in [2.05, 4.69) is 68.8 Å². The third-order valence-corrected chi connectivity index (χ3v) is 7.19. The summed E-state index contributed by atoms with van der Waals surface area (Å²) in [6.07, 6.45) is 3.39. The molecule has 0 fully saturated rings. The number of amides is 1. The Hall–Kier alpha value is -4.30. The minimum atomic E-state index is -0.114. The third-order valence-electron chi connectivity index (χ3n) is 6.16. The van der Waals surface area contributed by atoms with Crippen LogP contribution in [0.2, 0.25) is 0 Å². The average molecular weight is 493 g/mol. The maximum Gasteiger partial charge on any atom is 0.226 e. The highest BCUT2D eigenvalue weighted by Gasteiger charge is 2.16. The summed E-state index contributed by atoms with van der Waals surface area (Å²) < 4.78 is 0. The Morgan fingerprint density at radius 2 is 1.92 bits per heavy atom. The van der Waals surface area contributed by atoms with Gasteiger partial charge in [0.25, 0.3) is 0 Å². The van der Waals surface area contributed by atoms with Gasteiger partial charge in [-0.2, -0.15) is 5.10 Å². The highest BCUT2D eigenvalue weighted by atomic mass is 32.1. The van der Waals surface area contributed by atoms with Crippen LogP contribution in [0.4, 0.5) is 5.69 Å². The van der Waals surface area contributed by atoms with Gasteiger partial charge in [-0.25, -0.2) is 4.98 Å². The minimum Gasteiger partial charge on any atom is -0.353 e. The van der Waals surface area contributed by atoms with Gasteiger partial charge in [-0.1, -0.05) is 26.0 Å². The van der Waals surface area contributed by atoms with Crippen LogP contribution in [0.15, 0.2) is 67.0 Å². The van der Waals surface area contributed by atoms with Crippen molar-refractivity contribution in [2.75, 3.05) is 5.32 Å². The predicted molar refractivity (Wildman–Crippen MR) is 146 cm³/mol. The summed E-state index contributed by atoms with van der Waals surface area (Å²) in [7, 11) is 0. The molecular formula is C28H24N6OS. The molecule has 0 spiro atoms. The molecule has 3 N–H and O–H groups in total. The lowest BCUT2D eigenvalue weighted by Gasteiger charge is -2.08. The van der Waals surface area contributed by atoms with E-state index < -0.39 is 0 Å². The van der Waals surface area contributed by atoms with Crippen LogP contribution in [0.1, 0.15) is 18.7 Å². The zero-order chi connectivity index (χ0) is 24.8. The van der Waals surface area contributed by atoms with Gasteiger partial charge in [0.1, 0.15) is 11.2 Å². The quantitative estimate of drug-likeness (QED) is 0.246. The first kappa shape index (κ1) is 22.2. The number of aromatic amines is 2. The topological polar surface area (TPSA) is 99.4 Å². The number of aromatic nitrogens is 5. The van der Waals surface area contributed by atoms with Crippen LogP contribution in [0.5, 0.6) is 0 Å². The van der Waals surface area contributed by atoms with E-state index in [4.69, 9.17) is 4.98 Å². The number of pyridine rings is 2. The smallest absolute Gasteiger partial charge is 0.226 e. The Labute approximate surface area is 211 Å². The van der Waals surface area contributed by atoms with E-state index >= 15 is 0 Å². The monoisotopic (exact) mass is 492 g/mol. The molecule has 0 unspecified atom stereocenters. The number of H-pyrrole nitrogens is 2. The summed E-state index contributed by atoms with van der Waals surface area (Å²) in [5.74, 6) is -0.164. The number of hydrogen-bond acceptors (Lipinski definition) is 5. The molecule has 0 aliphatic rings. The first-order valence-electron chi connectivity index (χ1n) is 11.8. The van der Waals surface area contributed by atoms with Crippen LogP contribution in [-0.2, 0) is 4.79 Å². The molecule has 0 bridgehead atoms. The maximum atomic E-state index is 12.1. The van der Waals surface area contributed by atoms with Gasteiger partial charge in [-0.05, 0) is 49.4 Å². The lowest BCUT2D eigenvalue weighted by atomic mass is 10.1. The summed E-state index contributed by atoms with van der Waals surface area (Å²) in [5.41, 5.74) is 7.75. The predicted octanol–water partition coefficient (Wildman–Crippen LogP) is 6.80. The van der Waals surface area contributed by atoms with Crippen molar-refractivity contribution in [2.24, 2.45) is 5.92 Å². The molecule has 178 valence electrons. The second-order valence-electron chi connectivity index (χ2n) is 9.13. The van der Waals surface area contributed by atoms with Crippen molar-refractivity contribution in [2.45, 2.75) is 20.8 Å². The van der Waals surface area contributed by atoms with E-state index in [1.807, 2.05) is 32.0 Å². The standard InChI is InChI=1S/C28H24N6OS/c1-15(2)28(35)30-18-11-17(13-29-14-18)21-8-9-23-26(32-21)27(34-33-23)24-12-20-19(5-4-6-22(20)31-24)25-10-7-16(3)36-25/h4-15,31H,1-3H3,(H,30,35)(H,33,34). The molecule has 5 heterocycles. The maximum absolute atomic E-state index is 12.1. The Balaban J connectivity index is 1.41. The van der Waals surface area contributed by atoms with Crippen LogP contribution < -0.4 is 5.32 Å². The number of aryl methyl sites for hydroxylation is 1. The number of thiophene rings is 1. The number of nitrogens with one attached hydrogen (secondary N) is 3. The Kier molecular flexibility index (Phi) is 5.38. The van der Waals surface area contributed by atoms with Crippen molar-refractivity contribution in [3.05, 3.63) is 71.9 Å². The van der Waals surface area contributed by atoms with Crippen molar-refractivity contribution in [1.29, 1.82) is 0 Å². The second-order valence-corrected chi connectivity index (χ2v) is 10.4. The molecule has 5 aromatic heterocycles. The number of nitrogens with zero attached hydrogens (tertiary/aromatic N) is 3. The number of carbonyl (C=O) groups excluding carboxylic acids is 1. The molecule has 0 aliphatic carbocycles.